The first-order valence-electron chi connectivity index (χ1n) is 9.45. The minimum atomic E-state index is -0.589. The van der Waals surface area contributed by atoms with Gasteiger partial charge in [-0.1, -0.05) is 26.0 Å². The number of amides is 2. The zero-order valence-corrected chi connectivity index (χ0v) is 17.3. The number of rotatable bonds is 9. The molecule has 0 saturated heterocycles. The van der Waals surface area contributed by atoms with Crippen molar-refractivity contribution in [2.24, 2.45) is 0 Å². The van der Waals surface area contributed by atoms with Gasteiger partial charge >= 0.3 is 6.09 Å². The normalized spacial score (nSPS) is 10.5. The third-order valence-electron chi connectivity index (χ3n) is 4.15. The van der Waals surface area contributed by atoms with Crippen LogP contribution in [0.1, 0.15) is 30.9 Å². The molecule has 0 fully saturated rings. The highest BCUT2D eigenvalue weighted by molar-refractivity contribution is 5.93. The van der Waals surface area contributed by atoms with Crippen molar-refractivity contribution < 1.29 is 23.8 Å². The third kappa shape index (κ3) is 7.46. The Balaban J connectivity index is 1.86. The van der Waals surface area contributed by atoms with Gasteiger partial charge in [-0.2, -0.15) is 0 Å². The zero-order chi connectivity index (χ0) is 21.2. The average molecular weight is 400 g/mol. The third-order valence-corrected chi connectivity index (χ3v) is 4.15. The van der Waals surface area contributed by atoms with E-state index in [1.807, 2.05) is 25.1 Å². The Morgan fingerprint density at radius 2 is 1.72 bits per heavy atom. The Morgan fingerprint density at radius 1 is 1.00 bits per heavy atom. The molecule has 0 aliphatic carbocycles. The first kappa shape index (κ1) is 22.2. The van der Waals surface area contributed by atoms with Crippen molar-refractivity contribution in [3.05, 3.63) is 53.6 Å². The van der Waals surface area contributed by atoms with Crippen LogP contribution in [0.3, 0.4) is 0 Å². The molecule has 0 spiro atoms. The molecule has 2 rings (SSSR count). The summed E-state index contributed by atoms with van der Waals surface area (Å²) in [7, 11) is 1.53. The van der Waals surface area contributed by atoms with Crippen LogP contribution in [0.5, 0.6) is 5.75 Å². The zero-order valence-electron chi connectivity index (χ0n) is 17.3. The van der Waals surface area contributed by atoms with Gasteiger partial charge in [-0.05, 0) is 54.3 Å². The summed E-state index contributed by atoms with van der Waals surface area (Å²) in [6, 6.07) is 12.6. The SMILES string of the molecule is COCCOC(=O)Nc1cccc(NC(=O)COc2ccc(C(C)C)c(C)c2)c1. The van der Waals surface area contributed by atoms with Crippen LogP contribution in [0.15, 0.2) is 42.5 Å². The standard InChI is InChI=1S/C22H28N2O5/c1-15(2)20-9-8-19(12-16(20)3)29-14-21(25)23-17-6-5-7-18(13-17)24-22(26)28-11-10-27-4/h5-9,12-13,15H,10-11,14H2,1-4H3,(H,23,25)(H,24,26). The molecule has 156 valence electrons. The molecule has 29 heavy (non-hydrogen) atoms. The summed E-state index contributed by atoms with van der Waals surface area (Å²) in [6.45, 7) is 6.67. The molecule has 0 aliphatic rings. The number of hydrogen-bond acceptors (Lipinski definition) is 5. The lowest BCUT2D eigenvalue weighted by Gasteiger charge is -2.13. The van der Waals surface area contributed by atoms with Crippen molar-refractivity contribution >= 4 is 23.4 Å². The Labute approximate surface area is 171 Å². The molecule has 2 aromatic carbocycles. The summed E-state index contributed by atoms with van der Waals surface area (Å²) in [5.74, 6) is 0.789. The number of aryl methyl sites for hydroxylation is 1. The molecule has 2 N–H and O–H groups in total. The van der Waals surface area contributed by atoms with Gasteiger partial charge < -0.3 is 19.5 Å². The van der Waals surface area contributed by atoms with E-state index in [0.717, 1.165) is 5.56 Å². The molecule has 0 bridgehead atoms. The van der Waals surface area contributed by atoms with Gasteiger partial charge in [-0.3, -0.25) is 10.1 Å². The van der Waals surface area contributed by atoms with E-state index in [0.29, 0.717) is 29.6 Å². The summed E-state index contributed by atoms with van der Waals surface area (Å²) in [4.78, 5) is 23.9. The fourth-order valence-electron chi connectivity index (χ4n) is 2.78. The van der Waals surface area contributed by atoms with Crippen LogP contribution < -0.4 is 15.4 Å². The largest absolute Gasteiger partial charge is 0.484 e. The maximum Gasteiger partial charge on any atom is 0.411 e. The summed E-state index contributed by atoms with van der Waals surface area (Å²) in [5, 5.41) is 5.34. The Kier molecular flexibility index (Phi) is 8.48. The number of methoxy groups -OCH3 is 1. The smallest absolute Gasteiger partial charge is 0.411 e. The van der Waals surface area contributed by atoms with Crippen LogP contribution in [0.2, 0.25) is 0 Å². The van der Waals surface area contributed by atoms with Crippen LogP contribution in [0, 0.1) is 6.92 Å². The van der Waals surface area contributed by atoms with Gasteiger partial charge in [-0.25, -0.2) is 4.79 Å². The fourth-order valence-corrected chi connectivity index (χ4v) is 2.78. The molecule has 2 aromatic rings. The predicted octanol–water partition coefficient (Wildman–Crippen LogP) is 4.33. The summed E-state index contributed by atoms with van der Waals surface area (Å²) >= 11 is 0. The first-order chi connectivity index (χ1) is 13.9. The number of carbonyl (C=O) groups excluding carboxylic acids is 2. The number of nitrogens with one attached hydrogen (secondary N) is 2. The van der Waals surface area contributed by atoms with Gasteiger partial charge in [-0.15, -0.1) is 0 Å². The summed E-state index contributed by atoms with van der Waals surface area (Å²) < 4.78 is 15.4. The molecule has 0 saturated carbocycles. The number of anilines is 2. The monoisotopic (exact) mass is 400 g/mol. The van der Waals surface area contributed by atoms with Gasteiger partial charge in [0.1, 0.15) is 12.4 Å². The van der Waals surface area contributed by atoms with Crippen LogP contribution in [-0.4, -0.2) is 38.9 Å². The van der Waals surface area contributed by atoms with E-state index >= 15 is 0 Å². The molecular weight excluding hydrogens is 372 g/mol. The molecule has 7 heteroatoms. The summed E-state index contributed by atoms with van der Waals surface area (Å²) in [5.41, 5.74) is 3.44. The average Bonchev–Trinajstić information content (AvgIpc) is 2.66. The maximum absolute atomic E-state index is 12.2. The lowest BCUT2D eigenvalue weighted by Crippen LogP contribution is -2.20. The quantitative estimate of drug-likeness (QED) is 0.612. The molecule has 7 nitrogen and oxygen atoms in total. The molecule has 2 amide bonds. The van der Waals surface area contributed by atoms with Crippen LogP contribution in [-0.2, 0) is 14.3 Å². The van der Waals surface area contributed by atoms with Crippen molar-refractivity contribution in [2.75, 3.05) is 37.6 Å². The molecule has 0 radical (unpaired) electrons. The van der Waals surface area contributed by atoms with E-state index in [4.69, 9.17) is 14.2 Å². The highest BCUT2D eigenvalue weighted by Gasteiger charge is 2.08. The van der Waals surface area contributed by atoms with Crippen molar-refractivity contribution in [1.82, 2.24) is 0 Å². The van der Waals surface area contributed by atoms with Crippen molar-refractivity contribution in [3.63, 3.8) is 0 Å². The van der Waals surface area contributed by atoms with Crippen molar-refractivity contribution in [2.45, 2.75) is 26.7 Å². The van der Waals surface area contributed by atoms with Crippen molar-refractivity contribution in [1.29, 1.82) is 0 Å². The maximum atomic E-state index is 12.2. The molecular formula is C22H28N2O5. The second kappa shape index (κ2) is 11.1. The minimum Gasteiger partial charge on any atom is -0.484 e. The number of hydrogen-bond donors (Lipinski definition) is 2. The second-order valence-corrected chi connectivity index (χ2v) is 6.84. The number of ether oxygens (including phenoxy) is 3. The van der Waals surface area contributed by atoms with Gasteiger partial charge in [0.15, 0.2) is 6.61 Å². The van der Waals surface area contributed by atoms with Gasteiger partial charge in [0.2, 0.25) is 0 Å². The van der Waals surface area contributed by atoms with E-state index in [1.165, 1.54) is 12.7 Å². The number of benzene rings is 2. The Hall–Kier alpha value is -3.06. The summed E-state index contributed by atoms with van der Waals surface area (Å²) in [6.07, 6.45) is -0.589. The van der Waals surface area contributed by atoms with E-state index < -0.39 is 6.09 Å². The molecule has 0 aromatic heterocycles. The highest BCUT2D eigenvalue weighted by Crippen LogP contribution is 2.23. The highest BCUT2D eigenvalue weighted by atomic mass is 16.6. The van der Waals surface area contributed by atoms with E-state index in [9.17, 15) is 9.59 Å². The Bertz CT molecular complexity index is 836. The molecule has 0 unspecified atom stereocenters. The Morgan fingerprint density at radius 3 is 2.38 bits per heavy atom. The second-order valence-electron chi connectivity index (χ2n) is 6.84. The van der Waals surface area contributed by atoms with Crippen molar-refractivity contribution in [3.8, 4) is 5.75 Å². The van der Waals surface area contributed by atoms with Crippen LogP contribution >= 0.6 is 0 Å². The lowest BCUT2D eigenvalue weighted by molar-refractivity contribution is -0.118. The van der Waals surface area contributed by atoms with Gasteiger partial charge in [0.05, 0.1) is 6.61 Å². The van der Waals surface area contributed by atoms with E-state index in [-0.39, 0.29) is 19.1 Å². The topological polar surface area (TPSA) is 85.9 Å². The van der Waals surface area contributed by atoms with Crippen LogP contribution in [0.25, 0.3) is 0 Å². The predicted molar refractivity (Wildman–Crippen MR) is 113 cm³/mol. The molecule has 0 heterocycles. The number of carbonyl (C=O) groups is 2. The first-order valence-corrected chi connectivity index (χ1v) is 9.45. The molecule has 0 atom stereocenters. The minimum absolute atomic E-state index is 0.114. The van der Waals surface area contributed by atoms with Gasteiger partial charge in [0, 0.05) is 18.5 Å². The van der Waals surface area contributed by atoms with E-state index in [2.05, 4.69) is 24.5 Å². The fraction of sp³-hybridized carbons (Fsp3) is 0.364. The molecule has 0 aliphatic heterocycles. The van der Waals surface area contributed by atoms with E-state index in [1.54, 1.807) is 24.3 Å². The lowest BCUT2D eigenvalue weighted by atomic mass is 9.98. The van der Waals surface area contributed by atoms with Crippen LogP contribution in [0.4, 0.5) is 16.2 Å². The van der Waals surface area contributed by atoms with Gasteiger partial charge in [0.25, 0.3) is 5.91 Å².